The lowest BCUT2D eigenvalue weighted by atomic mass is 9.96. The Bertz CT molecular complexity index is 895. The van der Waals surface area contributed by atoms with Crippen molar-refractivity contribution in [1.82, 2.24) is 15.0 Å². The molecule has 2 heterocycles. The van der Waals surface area contributed by atoms with Crippen LogP contribution in [0.25, 0.3) is 11.3 Å². The van der Waals surface area contributed by atoms with Crippen LogP contribution in [0.3, 0.4) is 0 Å². The molecule has 2 atom stereocenters. The quantitative estimate of drug-likeness (QED) is 0.0945. The van der Waals surface area contributed by atoms with Gasteiger partial charge in [-0.3, -0.25) is 15.0 Å². The summed E-state index contributed by atoms with van der Waals surface area (Å²) in [6, 6.07) is 5.60. The van der Waals surface area contributed by atoms with E-state index in [1.54, 1.807) is 0 Å². The van der Waals surface area contributed by atoms with Crippen LogP contribution < -0.4 is 5.32 Å². The van der Waals surface area contributed by atoms with Gasteiger partial charge < -0.3 is 0 Å². The van der Waals surface area contributed by atoms with Crippen LogP contribution in [0.4, 0.5) is 0 Å². The van der Waals surface area contributed by atoms with Crippen molar-refractivity contribution < 1.29 is 0 Å². The third-order valence-electron chi connectivity index (χ3n) is 8.82. The topological polar surface area (TPSA) is 38.7 Å². The molecule has 1 saturated carbocycles. The summed E-state index contributed by atoms with van der Waals surface area (Å²) in [5.74, 6) is 2.78. The van der Waals surface area contributed by atoms with Gasteiger partial charge in [0.15, 0.2) is 0 Å². The first-order chi connectivity index (χ1) is 19.6. The molecule has 2 aromatic rings. The number of unbranched alkanes of at least 4 members (excludes halogenated alkanes) is 10. The summed E-state index contributed by atoms with van der Waals surface area (Å²) in [4.78, 5) is 14.2. The molecular weight excluding hydrogens is 503 g/mol. The van der Waals surface area contributed by atoms with Gasteiger partial charge >= 0.3 is 0 Å². The van der Waals surface area contributed by atoms with E-state index >= 15 is 0 Å². The second-order valence-corrected chi connectivity index (χ2v) is 14.3. The molecule has 0 spiro atoms. The Morgan fingerprint density at radius 3 is 2.12 bits per heavy atom. The molecule has 1 aliphatic rings. The fourth-order valence-corrected chi connectivity index (χ4v) is 6.90. The van der Waals surface area contributed by atoms with Crippen molar-refractivity contribution in [3.63, 3.8) is 0 Å². The van der Waals surface area contributed by atoms with Crippen LogP contribution in [0, 0.1) is 17.8 Å². The van der Waals surface area contributed by atoms with Crippen LogP contribution in [0.5, 0.6) is 0 Å². The maximum Gasteiger partial charge on any atom is 0.110 e. The molecule has 0 aromatic carbocycles. The Morgan fingerprint density at radius 2 is 1.43 bits per heavy atom. The summed E-state index contributed by atoms with van der Waals surface area (Å²) in [5, 5.41) is 1.14. The van der Waals surface area contributed by atoms with E-state index in [1.807, 2.05) is 18.6 Å². The molecule has 4 heteroatoms. The Kier molecular flexibility index (Phi) is 16.8. The lowest BCUT2D eigenvalue weighted by molar-refractivity contribution is 0.430. The average Bonchev–Trinajstić information content (AvgIpc) is 3.80. The zero-order valence-corrected chi connectivity index (χ0v) is 27.3. The Morgan fingerprint density at radius 1 is 0.750 bits per heavy atom. The summed E-state index contributed by atoms with van der Waals surface area (Å²) < 4.78 is 0. The molecule has 2 radical (unpaired) electrons. The molecule has 0 amide bonds. The molecule has 40 heavy (non-hydrogen) atoms. The maximum atomic E-state index is 4.94. The van der Waals surface area contributed by atoms with Gasteiger partial charge in [0.25, 0.3) is 0 Å². The third-order valence-corrected chi connectivity index (χ3v) is 10.3. The monoisotopic (exact) mass is 561 g/mol. The van der Waals surface area contributed by atoms with E-state index < -0.39 is 0 Å². The van der Waals surface area contributed by atoms with Gasteiger partial charge in [-0.1, -0.05) is 142 Å². The zero-order chi connectivity index (χ0) is 28.3. The predicted molar refractivity (Wildman–Crippen MR) is 174 cm³/mol. The summed E-state index contributed by atoms with van der Waals surface area (Å²) >= 11 is 0. The molecule has 0 bridgehead atoms. The molecule has 1 fully saturated rings. The van der Waals surface area contributed by atoms with E-state index in [-0.39, 0.29) is 0 Å². The van der Waals surface area contributed by atoms with E-state index in [0.29, 0.717) is 0 Å². The first kappa shape index (κ1) is 33.0. The lowest BCUT2D eigenvalue weighted by Crippen LogP contribution is -2.21. The number of rotatable bonds is 24. The van der Waals surface area contributed by atoms with Crippen LogP contribution in [-0.4, -0.2) is 24.5 Å². The number of hydrogen-bond acceptors (Lipinski definition) is 3. The number of nitrogens with zero attached hydrogens (tertiary/aromatic N) is 3. The van der Waals surface area contributed by atoms with Gasteiger partial charge in [0.1, 0.15) is 9.52 Å². The van der Waals surface area contributed by atoms with Crippen molar-refractivity contribution in [2.75, 3.05) is 0 Å². The number of pyridine rings is 1. The number of aryl methyl sites for hydroxylation is 1. The third kappa shape index (κ3) is 14.9. The van der Waals surface area contributed by atoms with Crippen molar-refractivity contribution >= 4 is 14.8 Å². The van der Waals surface area contributed by atoms with Gasteiger partial charge in [0, 0.05) is 29.0 Å². The van der Waals surface area contributed by atoms with E-state index in [2.05, 4.69) is 37.9 Å². The zero-order valence-electron chi connectivity index (χ0n) is 26.3. The Labute approximate surface area is 250 Å². The fourth-order valence-electron chi connectivity index (χ4n) is 5.77. The van der Waals surface area contributed by atoms with Crippen molar-refractivity contribution in [1.29, 1.82) is 0 Å². The van der Waals surface area contributed by atoms with E-state index in [0.717, 1.165) is 50.3 Å². The van der Waals surface area contributed by atoms with Gasteiger partial charge in [-0.15, -0.1) is 0 Å². The Hall–Kier alpha value is -1.55. The first-order valence-electron chi connectivity index (χ1n) is 17.1. The van der Waals surface area contributed by atoms with Crippen LogP contribution in [0.15, 0.2) is 30.7 Å². The lowest BCUT2D eigenvalue weighted by Gasteiger charge is -2.12. The molecule has 2 unspecified atom stereocenters. The molecule has 0 aliphatic heterocycles. The van der Waals surface area contributed by atoms with Crippen molar-refractivity contribution in [2.45, 2.75) is 155 Å². The van der Waals surface area contributed by atoms with Crippen molar-refractivity contribution in [3.8, 4) is 11.3 Å². The first-order valence-corrected chi connectivity index (χ1v) is 18.4. The largest absolute Gasteiger partial charge is 0.261 e. The van der Waals surface area contributed by atoms with Crippen molar-refractivity contribution in [3.05, 3.63) is 36.4 Å². The van der Waals surface area contributed by atoms with Gasteiger partial charge in [-0.25, -0.2) is 0 Å². The molecule has 3 rings (SSSR count). The highest BCUT2D eigenvalue weighted by Crippen LogP contribution is 2.34. The minimum atomic E-state index is 0.738. The highest BCUT2D eigenvalue weighted by Gasteiger charge is 2.19. The molecule has 0 saturated heterocycles. The molecular formula is C36H59N3Si. The SMILES string of the molecule is CCCCCC(C)CCCCCC(C)C[Si]c1cncc(-c2ccc(CCCCCCCCCC3CC3)nc2)n1. The van der Waals surface area contributed by atoms with E-state index in [1.165, 1.54) is 134 Å². The molecule has 1 aliphatic carbocycles. The van der Waals surface area contributed by atoms with Crippen LogP contribution in [0.2, 0.25) is 6.04 Å². The van der Waals surface area contributed by atoms with Gasteiger partial charge in [0.05, 0.1) is 11.9 Å². The number of aromatic nitrogens is 3. The normalized spacial score (nSPS) is 14.9. The summed E-state index contributed by atoms with van der Waals surface area (Å²) in [6.07, 6.45) is 33.7. The summed E-state index contributed by atoms with van der Waals surface area (Å²) in [7, 11) is 0.738. The standard InChI is InChI=1S/C36H59N3Si/c1-4-5-12-17-30(2)18-13-11-14-19-31(3)29-40-36-28-37-27-35(39-36)33-24-25-34(38-26-33)21-16-10-8-6-7-9-15-20-32-22-23-32/h24-28,30-32H,4-23,29H2,1-3H3. The molecule has 0 N–H and O–H groups in total. The predicted octanol–water partition coefficient (Wildman–Crippen LogP) is 10.2. The highest BCUT2D eigenvalue weighted by molar-refractivity contribution is 6.52. The fraction of sp³-hybridized carbons (Fsp3) is 0.750. The smallest absolute Gasteiger partial charge is 0.110 e. The van der Waals surface area contributed by atoms with E-state index in [9.17, 15) is 0 Å². The van der Waals surface area contributed by atoms with E-state index in [4.69, 9.17) is 9.97 Å². The molecule has 3 nitrogen and oxygen atoms in total. The number of hydrogen-bond donors (Lipinski definition) is 0. The van der Waals surface area contributed by atoms with Gasteiger partial charge in [-0.2, -0.15) is 0 Å². The van der Waals surface area contributed by atoms with Crippen molar-refractivity contribution in [2.24, 2.45) is 17.8 Å². The van der Waals surface area contributed by atoms with Crippen LogP contribution in [0.1, 0.15) is 148 Å². The minimum Gasteiger partial charge on any atom is -0.261 e. The second kappa shape index (κ2) is 20.3. The molecule has 222 valence electrons. The minimum absolute atomic E-state index is 0.738. The van der Waals surface area contributed by atoms with Gasteiger partial charge in [-0.05, 0) is 42.7 Å². The Balaban J connectivity index is 1.25. The highest BCUT2D eigenvalue weighted by atomic mass is 28.2. The second-order valence-electron chi connectivity index (χ2n) is 13.0. The summed E-state index contributed by atoms with van der Waals surface area (Å²) in [5.41, 5.74) is 3.26. The summed E-state index contributed by atoms with van der Waals surface area (Å²) in [6.45, 7) is 7.15. The van der Waals surface area contributed by atoms with Crippen LogP contribution in [-0.2, 0) is 6.42 Å². The molecule has 2 aromatic heterocycles. The average molecular weight is 562 g/mol. The van der Waals surface area contributed by atoms with Crippen LogP contribution >= 0.6 is 0 Å². The van der Waals surface area contributed by atoms with Gasteiger partial charge in [0.2, 0.25) is 0 Å². The maximum absolute atomic E-state index is 4.94.